The van der Waals surface area contributed by atoms with Gasteiger partial charge in [0.2, 0.25) is 5.91 Å². The highest BCUT2D eigenvalue weighted by Gasteiger charge is 2.13. The molecular weight excluding hydrogens is 330 g/mol. The van der Waals surface area contributed by atoms with E-state index in [1.165, 1.54) is 18.4 Å². The molecule has 0 aliphatic carbocycles. The van der Waals surface area contributed by atoms with Crippen LogP contribution in [-0.4, -0.2) is 30.5 Å². The zero-order valence-electron chi connectivity index (χ0n) is 14.9. The number of amides is 1. The zero-order valence-corrected chi connectivity index (χ0v) is 15.7. The van der Waals surface area contributed by atoms with Crippen molar-refractivity contribution in [3.05, 3.63) is 40.9 Å². The van der Waals surface area contributed by atoms with E-state index in [4.69, 9.17) is 0 Å². The molecule has 1 unspecified atom stereocenters. The van der Waals surface area contributed by atoms with Crippen molar-refractivity contribution >= 4 is 17.2 Å². The van der Waals surface area contributed by atoms with Gasteiger partial charge in [-0.3, -0.25) is 4.79 Å². The normalized spacial score (nSPS) is 17.4. The smallest absolute Gasteiger partial charge is 0.226 e. The van der Waals surface area contributed by atoms with Crippen LogP contribution in [0, 0.1) is 5.92 Å². The van der Waals surface area contributed by atoms with Crippen LogP contribution in [-0.2, 0) is 17.6 Å². The second kappa shape index (κ2) is 9.11. The van der Waals surface area contributed by atoms with E-state index in [2.05, 4.69) is 46.8 Å². The van der Waals surface area contributed by atoms with Crippen molar-refractivity contribution in [3.63, 3.8) is 0 Å². The summed E-state index contributed by atoms with van der Waals surface area (Å²) in [5.74, 6) is 0.771. The summed E-state index contributed by atoms with van der Waals surface area (Å²) < 4.78 is 0. The van der Waals surface area contributed by atoms with E-state index in [-0.39, 0.29) is 5.91 Å². The molecule has 0 saturated carbocycles. The monoisotopic (exact) mass is 357 g/mol. The van der Waals surface area contributed by atoms with Crippen LogP contribution >= 0.6 is 11.3 Å². The molecule has 1 atom stereocenters. The molecule has 1 saturated heterocycles. The van der Waals surface area contributed by atoms with Crippen molar-refractivity contribution in [1.82, 2.24) is 15.6 Å². The van der Waals surface area contributed by atoms with E-state index >= 15 is 0 Å². The molecule has 1 aliphatic rings. The minimum absolute atomic E-state index is 0.0712. The van der Waals surface area contributed by atoms with E-state index in [9.17, 15) is 4.79 Å². The highest BCUT2D eigenvalue weighted by Crippen LogP contribution is 2.24. The molecule has 25 heavy (non-hydrogen) atoms. The SMILES string of the molecule is CCc1ccc(-c2nc(CC(=O)NCCC3CCCNC3)cs2)cc1. The van der Waals surface area contributed by atoms with Gasteiger partial charge in [-0.2, -0.15) is 0 Å². The van der Waals surface area contributed by atoms with Crippen molar-refractivity contribution in [2.45, 2.75) is 39.0 Å². The van der Waals surface area contributed by atoms with E-state index in [1.807, 2.05) is 5.38 Å². The Labute approximate surface area is 154 Å². The average molecular weight is 358 g/mol. The number of thiazole rings is 1. The van der Waals surface area contributed by atoms with Crippen LogP contribution in [0.4, 0.5) is 0 Å². The average Bonchev–Trinajstić information content (AvgIpc) is 3.11. The third-order valence-corrected chi connectivity index (χ3v) is 5.72. The third-order valence-electron chi connectivity index (χ3n) is 4.78. The van der Waals surface area contributed by atoms with Gasteiger partial charge in [-0.25, -0.2) is 4.98 Å². The van der Waals surface area contributed by atoms with E-state index in [1.54, 1.807) is 11.3 Å². The summed E-state index contributed by atoms with van der Waals surface area (Å²) in [6.07, 6.45) is 4.99. The van der Waals surface area contributed by atoms with Crippen LogP contribution in [0.3, 0.4) is 0 Å². The molecule has 1 aromatic carbocycles. The van der Waals surface area contributed by atoms with Crippen molar-refractivity contribution in [2.75, 3.05) is 19.6 Å². The van der Waals surface area contributed by atoms with Gasteiger partial charge in [-0.05, 0) is 50.3 Å². The Morgan fingerprint density at radius 2 is 2.20 bits per heavy atom. The van der Waals surface area contributed by atoms with Gasteiger partial charge in [0.25, 0.3) is 0 Å². The minimum Gasteiger partial charge on any atom is -0.356 e. The first-order chi connectivity index (χ1) is 12.2. The number of nitrogens with one attached hydrogen (secondary N) is 2. The number of carbonyl (C=O) groups is 1. The van der Waals surface area contributed by atoms with E-state index < -0.39 is 0 Å². The molecule has 0 spiro atoms. The highest BCUT2D eigenvalue weighted by atomic mass is 32.1. The predicted molar refractivity (Wildman–Crippen MR) is 104 cm³/mol. The molecule has 4 nitrogen and oxygen atoms in total. The van der Waals surface area contributed by atoms with Crippen LogP contribution in [0.15, 0.2) is 29.6 Å². The lowest BCUT2D eigenvalue weighted by molar-refractivity contribution is -0.120. The number of piperidine rings is 1. The largest absolute Gasteiger partial charge is 0.356 e. The number of carbonyl (C=O) groups excluding carboxylic acids is 1. The molecule has 3 rings (SSSR count). The first-order valence-corrected chi connectivity index (χ1v) is 10.1. The molecule has 1 amide bonds. The summed E-state index contributed by atoms with van der Waals surface area (Å²) in [7, 11) is 0. The van der Waals surface area contributed by atoms with Crippen LogP contribution in [0.2, 0.25) is 0 Å². The summed E-state index contributed by atoms with van der Waals surface area (Å²) in [6, 6.07) is 8.51. The van der Waals surface area contributed by atoms with Gasteiger partial charge in [0.1, 0.15) is 5.01 Å². The Morgan fingerprint density at radius 1 is 1.36 bits per heavy atom. The Hall–Kier alpha value is -1.72. The number of benzene rings is 1. The maximum Gasteiger partial charge on any atom is 0.226 e. The molecule has 0 bridgehead atoms. The number of hydrogen-bond acceptors (Lipinski definition) is 4. The van der Waals surface area contributed by atoms with Crippen molar-refractivity contribution in [1.29, 1.82) is 0 Å². The maximum atomic E-state index is 12.1. The fourth-order valence-corrected chi connectivity index (χ4v) is 4.04. The van der Waals surface area contributed by atoms with Gasteiger partial charge in [0, 0.05) is 17.5 Å². The molecule has 1 aliphatic heterocycles. The Morgan fingerprint density at radius 3 is 2.92 bits per heavy atom. The third kappa shape index (κ3) is 5.38. The minimum atomic E-state index is 0.0712. The zero-order chi connectivity index (χ0) is 17.5. The topological polar surface area (TPSA) is 54.0 Å². The number of rotatable bonds is 7. The highest BCUT2D eigenvalue weighted by molar-refractivity contribution is 7.13. The number of aromatic nitrogens is 1. The first kappa shape index (κ1) is 18.1. The second-order valence-corrected chi connectivity index (χ2v) is 7.58. The van der Waals surface area contributed by atoms with Gasteiger partial charge >= 0.3 is 0 Å². The van der Waals surface area contributed by atoms with Gasteiger partial charge in [-0.1, -0.05) is 31.2 Å². The Bertz CT molecular complexity index is 675. The lowest BCUT2D eigenvalue weighted by Crippen LogP contribution is -2.33. The number of nitrogens with zero attached hydrogens (tertiary/aromatic N) is 1. The first-order valence-electron chi connectivity index (χ1n) is 9.25. The molecule has 2 N–H and O–H groups in total. The fraction of sp³-hybridized carbons (Fsp3) is 0.500. The van der Waals surface area contributed by atoms with Crippen molar-refractivity contribution in [2.24, 2.45) is 5.92 Å². The molecule has 134 valence electrons. The molecule has 5 heteroatoms. The number of aryl methyl sites for hydroxylation is 1. The molecule has 2 aromatic rings. The van der Waals surface area contributed by atoms with E-state index in [0.717, 1.165) is 48.7 Å². The Kier molecular flexibility index (Phi) is 6.59. The predicted octanol–water partition coefficient (Wildman–Crippen LogP) is 3.42. The van der Waals surface area contributed by atoms with Crippen LogP contribution < -0.4 is 10.6 Å². The molecule has 1 aromatic heterocycles. The van der Waals surface area contributed by atoms with E-state index in [0.29, 0.717) is 12.3 Å². The van der Waals surface area contributed by atoms with Crippen molar-refractivity contribution in [3.8, 4) is 10.6 Å². The van der Waals surface area contributed by atoms with Gasteiger partial charge in [0.15, 0.2) is 0 Å². The second-order valence-electron chi connectivity index (χ2n) is 6.72. The fourth-order valence-electron chi connectivity index (χ4n) is 3.22. The quantitative estimate of drug-likeness (QED) is 0.798. The summed E-state index contributed by atoms with van der Waals surface area (Å²) in [4.78, 5) is 16.7. The van der Waals surface area contributed by atoms with Gasteiger partial charge in [0.05, 0.1) is 12.1 Å². The van der Waals surface area contributed by atoms with Crippen LogP contribution in [0.25, 0.3) is 10.6 Å². The molecule has 0 radical (unpaired) electrons. The maximum absolute atomic E-state index is 12.1. The molecule has 1 fully saturated rings. The van der Waals surface area contributed by atoms with Crippen molar-refractivity contribution < 1.29 is 4.79 Å². The lowest BCUT2D eigenvalue weighted by atomic mass is 9.96. The summed E-state index contributed by atoms with van der Waals surface area (Å²) in [6.45, 7) is 5.14. The van der Waals surface area contributed by atoms with Crippen LogP contribution in [0.1, 0.15) is 37.4 Å². The lowest BCUT2D eigenvalue weighted by Gasteiger charge is -2.22. The standard InChI is InChI=1S/C20H27N3OS/c1-2-15-5-7-17(8-6-15)20-23-18(14-25-20)12-19(24)22-11-9-16-4-3-10-21-13-16/h5-8,14,16,21H,2-4,9-13H2,1H3,(H,22,24). The summed E-state index contributed by atoms with van der Waals surface area (Å²) >= 11 is 1.61. The summed E-state index contributed by atoms with van der Waals surface area (Å²) in [5, 5.41) is 9.44. The number of hydrogen-bond donors (Lipinski definition) is 2. The van der Waals surface area contributed by atoms with Gasteiger partial charge < -0.3 is 10.6 Å². The molecular formula is C20H27N3OS. The Balaban J connectivity index is 1.46. The molecule has 2 heterocycles. The van der Waals surface area contributed by atoms with Gasteiger partial charge in [-0.15, -0.1) is 11.3 Å². The van der Waals surface area contributed by atoms with Crippen LogP contribution in [0.5, 0.6) is 0 Å². The summed E-state index contributed by atoms with van der Waals surface area (Å²) in [5.41, 5.74) is 3.31.